The molecule has 3 rings (SSSR count). The van der Waals surface area contributed by atoms with Gasteiger partial charge in [0.05, 0.1) is 56.3 Å². The summed E-state index contributed by atoms with van der Waals surface area (Å²) < 4.78 is 101. The molecule has 26 heteroatoms. The van der Waals surface area contributed by atoms with Gasteiger partial charge in [0.2, 0.25) is 17.7 Å². The van der Waals surface area contributed by atoms with Gasteiger partial charge >= 0.3 is 23.5 Å². The van der Waals surface area contributed by atoms with E-state index in [9.17, 15) is 42.9 Å². The molecule has 0 radical (unpaired) electrons. The number of aliphatic hydroxyl groups is 1. The van der Waals surface area contributed by atoms with E-state index in [2.05, 4.69) is 20.5 Å². The third-order valence-corrected chi connectivity index (χ3v) is 15.2. The lowest BCUT2D eigenvalue weighted by Crippen LogP contribution is -2.58. The lowest BCUT2D eigenvalue weighted by atomic mass is 9.81. The number of Topliss-reactive ketones (excluding diaryl/α,β-unsaturated/α-hetero) is 1. The van der Waals surface area contributed by atoms with E-state index in [1.807, 2.05) is 13.8 Å². The van der Waals surface area contributed by atoms with Crippen molar-refractivity contribution in [2.45, 2.75) is 145 Å². The Morgan fingerprint density at radius 1 is 0.547 bits per heavy atom. The largest absolute Gasteiger partial charge is 0.477 e. The minimum Gasteiger partial charge on any atom is -0.366 e. The molecule has 0 aromatic heterocycles. The lowest BCUT2D eigenvalue weighted by molar-refractivity contribution is -0.223. The molecule has 23 nitrogen and oxygen atoms in total. The van der Waals surface area contributed by atoms with E-state index in [1.54, 1.807) is 27.7 Å². The molecule has 0 aromatic rings. The van der Waals surface area contributed by atoms with Crippen molar-refractivity contribution in [1.29, 1.82) is 0 Å². The first-order valence-corrected chi connectivity index (χ1v) is 25.0. The average Bonchev–Trinajstić information content (AvgIpc) is 3.19. The Labute approximate surface area is 377 Å². The molecule has 3 aliphatic rings. The van der Waals surface area contributed by atoms with Crippen molar-refractivity contribution in [3.8, 4) is 0 Å². The number of carbonyl (C=O) groups is 4. The van der Waals surface area contributed by atoms with Crippen molar-refractivity contribution >= 4 is 47.0 Å². The number of hydrogen-bond acceptors (Lipinski definition) is 19. The van der Waals surface area contributed by atoms with Gasteiger partial charge in [0.25, 0.3) is 0 Å². The normalized spacial score (nSPS) is 35.7. The summed E-state index contributed by atoms with van der Waals surface area (Å²) in [4.78, 5) is 55.4. The first-order valence-electron chi connectivity index (χ1n) is 20.6. The number of phosphoric ester groups is 3. The number of rotatable bonds is 20. The maximum Gasteiger partial charge on any atom is 0.477 e. The van der Waals surface area contributed by atoms with Crippen LogP contribution in [-0.4, -0.2) is 130 Å². The number of amides is 3. The van der Waals surface area contributed by atoms with Crippen LogP contribution in [0.2, 0.25) is 0 Å². The van der Waals surface area contributed by atoms with Crippen LogP contribution < -0.4 is 16.0 Å². The summed E-state index contributed by atoms with van der Waals surface area (Å²) in [5.74, 6) is -2.95. The zero-order valence-electron chi connectivity index (χ0n) is 38.6. The third kappa shape index (κ3) is 18.1. The Kier molecular flexibility index (Phi) is 25.1. The summed E-state index contributed by atoms with van der Waals surface area (Å²) in [7, 11) is -10.1. The number of phosphoric acid groups is 3. The van der Waals surface area contributed by atoms with Gasteiger partial charge < -0.3 is 45.0 Å². The highest BCUT2D eigenvalue weighted by Crippen LogP contribution is 2.55. The van der Waals surface area contributed by atoms with Crippen molar-refractivity contribution in [1.82, 2.24) is 16.0 Å². The van der Waals surface area contributed by atoms with Gasteiger partial charge in [-0.1, -0.05) is 49.0 Å². The van der Waals surface area contributed by atoms with Crippen molar-refractivity contribution in [3.05, 3.63) is 0 Å². The van der Waals surface area contributed by atoms with Crippen molar-refractivity contribution < 1.29 is 93.3 Å². The summed E-state index contributed by atoms with van der Waals surface area (Å²) in [5, 5.41) is 18.8. The fourth-order valence-electron chi connectivity index (χ4n) is 7.27. The molecule has 0 spiro atoms. The van der Waals surface area contributed by atoms with Crippen LogP contribution >= 0.6 is 23.5 Å². The Morgan fingerprint density at radius 3 is 1.30 bits per heavy atom. The average molecular weight is 986 g/mol. The van der Waals surface area contributed by atoms with Crippen LogP contribution in [0, 0.1) is 35.5 Å². The molecule has 18 atom stereocenters. The predicted molar refractivity (Wildman–Crippen MR) is 230 cm³/mol. The zero-order valence-corrected chi connectivity index (χ0v) is 41.3. The number of ether oxygens (including phenoxy) is 3. The van der Waals surface area contributed by atoms with Gasteiger partial charge in [-0.25, -0.2) is 13.7 Å². The fourth-order valence-corrected chi connectivity index (χ4v) is 9.75. The molecule has 0 bridgehead atoms. The van der Waals surface area contributed by atoms with Crippen LogP contribution in [-0.2, 0) is 83.3 Å². The van der Waals surface area contributed by atoms with Crippen LogP contribution in [0.4, 0.5) is 0 Å². The van der Waals surface area contributed by atoms with Crippen LogP contribution in [0.5, 0.6) is 0 Å². The topological polar surface area (TPSA) is 298 Å². The molecule has 9 unspecified atom stereocenters. The number of aliphatic hydroxyl groups excluding tert-OH is 1. The summed E-state index contributed by atoms with van der Waals surface area (Å²) >= 11 is 0. The lowest BCUT2D eigenvalue weighted by Gasteiger charge is -2.45. The van der Waals surface area contributed by atoms with E-state index in [1.165, 1.54) is 34.6 Å². The summed E-state index contributed by atoms with van der Waals surface area (Å²) in [6, 6.07) is -2.37. The molecule has 3 saturated heterocycles. The molecule has 3 fully saturated rings. The van der Waals surface area contributed by atoms with E-state index < -0.39 is 122 Å². The maximum atomic E-state index is 14.0. The Bertz CT molecular complexity index is 1660. The van der Waals surface area contributed by atoms with Gasteiger partial charge in [-0.15, -0.1) is 0 Å². The highest BCUT2D eigenvalue weighted by Gasteiger charge is 2.50. The van der Waals surface area contributed by atoms with Gasteiger partial charge in [-0.3, -0.25) is 50.6 Å². The molecule has 376 valence electrons. The monoisotopic (exact) mass is 985 g/mol. The van der Waals surface area contributed by atoms with Gasteiger partial charge in [-0.05, 0) is 55.8 Å². The van der Waals surface area contributed by atoms with E-state index in [-0.39, 0.29) is 49.9 Å². The molecule has 0 aromatic carbocycles. The number of nitrogens with one attached hydrogen (secondary N) is 3. The number of hydrogen-bond donors (Lipinski definition) is 5. The second-order valence-electron chi connectivity index (χ2n) is 16.2. The maximum absolute atomic E-state index is 14.0. The third-order valence-electron chi connectivity index (χ3n) is 11.5. The Balaban J connectivity index is 0.00000392. The van der Waals surface area contributed by atoms with Crippen molar-refractivity contribution in [2.75, 3.05) is 41.2 Å². The molecular weight excluding hydrogens is 911 g/mol. The quantitative estimate of drug-likeness (QED) is 0.105. The van der Waals surface area contributed by atoms with Crippen molar-refractivity contribution in [3.63, 3.8) is 0 Å². The molecule has 3 amide bonds. The van der Waals surface area contributed by atoms with Crippen molar-refractivity contribution in [2.24, 2.45) is 35.5 Å². The minimum atomic E-state index is -4.54. The summed E-state index contributed by atoms with van der Waals surface area (Å²) in [5.41, 5.74) is 0. The SMILES string of the molecule is C.CC(C)=O.COP(=O)(O)OCC1O[C@H](OP(=O)(OC)OCC2O[C@H](OP(=O)(OC)OCCC3O[C@H](O)C(NC(C)=O)[C@@H](C)[C@@H]3C)C(NC(C)=O)[C@@H](C)[C@@H]2C)C(NC(C)=O)[C@@H](C)[C@@H]1C. The summed E-state index contributed by atoms with van der Waals surface area (Å²) in [6.07, 6.45) is -6.38. The molecule has 3 heterocycles. The molecule has 0 saturated carbocycles. The standard InChI is InChI=1S/C34H64N3O19P3.C3H6O.CH4/c1-17-20(4)29(35-23(7)38)32(41)52-26(17)13-14-49-58(44,47-11)55-33-30(36-24(8)39)22(6)19(3)28(54-33)16-51-59(45,48-12)56-34-31(37-25(9)40)21(5)18(2)27(53-34)15-50-57(42,43)46-10;1-3(2)4;/h17-22,26-34,41H,13-16H2,1-12H3,(H,35,38)(H,36,39)(H,37,40)(H,42,43);1-2H3;1H4/t17-,18-,19-,20-,21-,22-,26?,27?,28?,29?,30?,31?,32-,33+,34+,58?,59?;;/m0../s1. The first kappa shape index (κ1) is 60.3. The van der Waals surface area contributed by atoms with Gasteiger partial charge in [0, 0.05) is 42.1 Å². The summed E-state index contributed by atoms with van der Waals surface area (Å²) in [6.45, 7) is 16.8. The second-order valence-corrected chi connectivity index (χ2v) is 21.2. The molecular formula is C38H74N3O20P3. The van der Waals surface area contributed by atoms with Gasteiger partial charge in [0.1, 0.15) is 5.78 Å². The number of carbonyl (C=O) groups excluding carboxylic acids is 4. The fraction of sp³-hybridized carbons (Fsp3) is 0.895. The van der Waals surface area contributed by atoms with Crippen LogP contribution in [0.3, 0.4) is 0 Å². The molecule has 5 N–H and O–H groups in total. The minimum absolute atomic E-state index is 0. The molecule has 0 aliphatic carbocycles. The molecule has 64 heavy (non-hydrogen) atoms. The Morgan fingerprint density at radius 2 is 0.906 bits per heavy atom. The highest BCUT2D eigenvalue weighted by atomic mass is 31.2. The van der Waals surface area contributed by atoms with Crippen LogP contribution in [0.1, 0.15) is 90.0 Å². The molecule has 3 aliphatic heterocycles. The zero-order chi connectivity index (χ0) is 48.2. The second kappa shape index (κ2) is 26.7. The van der Waals surface area contributed by atoms with E-state index >= 15 is 0 Å². The Hall–Kier alpha value is -1.75. The van der Waals surface area contributed by atoms with Gasteiger partial charge in [0.15, 0.2) is 18.9 Å². The van der Waals surface area contributed by atoms with E-state index in [0.29, 0.717) is 0 Å². The van der Waals surface area contributed by atoms with Crippen LogP contribution in [0.25, 0.3) is 0 Å². The van der Waals surface area contributed by atoms with E-state index in [4.69, 9.17) is 45.9 Å². The number of ketones is 1. The highest BCUT2D eigenvalue weighted by molar-refractivity contribution is 7.48. The van der Waals surface area contributed by atoms with E-state index in [0.717, 1.165) is 21.3 Å². The van der Waals surface area contributed by atoms with Crippen LogP contribution in [0.15, 0.2) is 0 Å². The predicted octanol–water partition coefficient (Wildman–Crippen LogP) is 4.44. The first-order chi connectivity index (χ1) is 29.1. The van der Waals surface area contributed by atoms with Gasteiger partial charge in [-0.2, -0.15) is 0 Å². The smallest absolute Gasteiger partial charge is 0.366 e.